The Morgan fingerprint density at radius 1 is 1.32 bits per heavy atom. The second-order valence-electron chi connectivity index (χ2n) is 6.51. The molecule has 1 aliphatic heterocycles. The van der Waals surface area contributed by atoms with E-state index in [0.29, 0.717) is 29.8 Å². The number of halogens is 3. The summed E-state index contributed by atoms with van der Waals surface area (Å²) in [6.07, 6.45) is -3.68. The van der Waals surface area contributed by atoms with Gasteiger partial charge in [-0.05, 0) is 33.6 Å². The maximum atomic E-state index is 12.6. The van der Waals surface area contributed by atoms with E-state index >= 15 is 0 Å². The van der Waals surface area contributed by atoms with Crippen LogP contribution in [0, 0.1) is 13.8 Å². The van der Waals surface area contributed by atoms with E-state index in [4.69, 9.17) is 0 Å². The summed E-state index contributed by atoms with van der Waals surface area (Å²) in [5.41, 5.74) is 1.17. The fraction of sp³-hybridized carbons (Fsp3) is 0.733. The number of carbonyl (C=O) groups excluding carboxylic acids is 1. The van der Waals surface area contributed by atoms with Gasteiger partial charge in [0.1, 0.15) is 16.4 Å². The van der Waals surface area contributed by atoms with Crippen molar-refractivity contribution in [3.63, 3.8) is 0 Å². The van der Waals surface area contributed by atoms with Crippen LogP contribution in [0.25, 0.3) is 0 Å². The van der Waals surface area contributed by atoms with Crippen LogP contribution < -0.4 is 5.32 Å². The van der Waals surface area contributed by atoms with Crippen molar-refractivity contribution in [1.29, 1.82) is 0 Å². The van der Waals surface area contributed by atoms with Crippen LogP contribution in [0.4, 0.5) is 13.2 Å². The predicted molar refractivity (Wildman–Crippen MR) is 86.0 cm³/mol. The highest BCUT2D eigenvalue weighted by Gasteiger charge is 2.32. The summed E-state index contributed by atoms with van der Waals surface area (Å²) >= 11 is 0. The first-order valence-electron chi connectivity index (χ1n) is 8.01. The number of aromatic nitrogens is 2. The average Bonchev–Trinajstić information content (AvgIpc) is 2.73. The zero-order valence-corrected chi connectivity index (χ0v) is 15.2. The molecule has 1 saturated heterocycles. The van der Waals surface area contributed by atoms with Crippen molar-refractivity contribution in [2.24, 2.45) is 0 Å². The number of rotatable bonds is 4. The Hall–Kier alpha value is -1.58. The lowest BCUT2D eigenvalue weighted by Gasteiger charge is -2.24. The molecule has 1 aromatic rings. The largest absolute Gasteiger partial charge is 0.408 e. The summed E-state index contributed by atoms with van der Waals surface area (Å²) in [6, 6.07) is -0.232. The smallest absolute Gasteiger partial charge is 0.353 e. The lowest BCUT2D eigenvalue weighted by molar-refractivity contribution is -0.143. The van der Waals surface area contributed by atoms with E-state index < -0.39 is 28.5 Å². The summed E-state index contributed by atoms with van der Waals surface area (Å²) in [6.45, 7) is 3.50. The highest BCUT2D eigenvalue weighted by atomic mass is 32.2. The standard InChI is InChI=1S/C15H22F3N3O3S/c1-9(14(22)19-12-4-6-25(23,24)7-5-12)13-10(2)20-21(11(13)3)8-15(16,17)18/h9,12H,4-8H2,1-3H3,(H,19,22). The molecule has 142 valence electrons. The van der Waals surface area contributed by atoms with Crippen LogP contribution in [0.15, 0.2) is 0 Å². The normalized spacial score (nSPS) is 19.6. The highest BCUT2D eigenvalue weighted by Crippen LogP contribution is 2.27. The molecule has 2 rings (SSSR count). The summed E-state index contributed by atoms with van der Waals surface area (Å²) < 4.78 is 61.5. The molecule has 0 aliphatic carbocycles. The summed E-state index contributed by atoms with van der Waals surface area (Å²) in [7, 11) is -3.02. The zero-order valence-electron chi connectivity index (χ0n) is 14.4. The van der Waals surface area contributed by atoms with Gasteiger partial charge in [-0.3, -0.25) is 9.48 Å². The number of sulfone groups is 1. The first-order chi connectivity index (χ1) is 11.4. The summed E-state index contributed by atoms with van der Waals surface area (Å²) in [5, 5.41) is 6.71. The first kappa shape index (κ1) is 19.7. The van der Waals surface area contributed by atoms with Crippen LogP contribution in [0.3, 0.4) is 0 Å². The second kappa shape index (κ2) is 6.97. The number of carbonyl (C=O) groups is 1. The van der Waals surface area contributed by atoms with E-state index in [2.05, 4.69) is 10.4 Å². The molecule has 1 amide bonds. The minimum absolute atomic E-state index is 0.0356. The number of nitrogens with zero attached hydrogens (tertiary/aromatic N) is 2. The van der Waals surface area contributed by atoms with E-state index in [0.717, 1.165) is 4.68 Å². The topological polar surface area (TPSA) is 81.1 Å². The fourth-order valence-corrected chi connectivity index (χ4v) is 4.64. The monoisotopic (exact) mass is 381 g/mol. The molecule has 0 radical (unpaired) electrons. The van der Waals surface area contributed by atoms with Crippen LogP contribution in [0.1, 0.15) is 42.6 Å². The Balaban J connectivity index is 2.09. The maximum Gasteiger partial charge on any atom is 0.408 e. The van der Waals surface area contributed by atoms with E-state index in [-0.39, 0.29) is 23.5 Å². The Morgan fingerprint density at radius 3 is 2.40 bits per heavy atom. The molecule has 0 aromatic carbocycles. The van der Waals surface area contributed by atoms with Crippen molar-refractivity contribution in [3.05, 3.63) is 17.0 Å². The Morgan fingerprint density at radius 2 is 1.88 bits per heavy atom. The minimum Gasteiger partial charge on any atom is -0.353 e. The lowest BCUT2D eigenvalue weighted by Crippen LogP contribution is -2.42. The Bertz CT molecular complexity index is 742. The maximum absolute atomic E-state index is 12.6. The second-order valence-corrected chi connectivity index (χ2v) is 8.82. The molecule has 1 aliphatic rings. The molecule has 1 fully saturated rings. The molecule has 2 heterocycles. The molecule has 0 bridgehead atoms. The van der Waals surface area contributed by atoms with Crippen LogP contribution in [-0.2, 0) is 21.2 Å². The Kier molecular flexibility index (Phi) is 5.50. The van der Waals surface area contributed by atoms with Crippen molar-refractivity contribution >= 4 is 15.7 Å². The fourth-order valence-electron chi connectivity index (χ4n) is 3.15. The molecule has 1 unspecified atom stereocenters. The van der Waals surface area contributed by atoms with Crippen LogP contribution in [-0.4, -0.2) is 47.8 Å². The first-order valence-corrected chi connectivity index (χ1v) is 9.83. The van der Waals surface area contributed by atoms with Crippen LogP contribution in [0.5, 0.6) is 0 Å². The van der Waals surface area contributed by atoms with Crippen LogP contribution >= 0.6 is 0 Å². The van der Waals surface area contributed by atoms with Gasteiger partial charge < -0.3 is 5.32 Å². The average molecular weight is 381 g/mol. The molecular formula is C15H22F3N3O3S. The van der Waals surface area contributed by atoms with Gasteiger partial charge in [-0.15, -0.1) is 0 Å². The van der Waals surface area contributed by atoms with Gasteiger partial charge in [0, 0.05) is 17.3 Å². The zero-order chi connectivity index (χ0) is 19.0. The highest BCUT2D eigenvalue weighted by molar-refractivity contribution is 7.91. The molecular weight excluding hydrogens is 359 g/mol. The van der Waals surface area contributed by atoms with E-state index in [9.17, 15) is 26.4 Å². The van der Waals surface area contributed by atoms with Crippen molar-refractivity contribution in [2.75, 3.05) is 11.5 Å². The lowest BCUT2D eigenvalue weighted by atomic mass is 9.97. The van der Waals surface area contributed by atoms with Gasteiger partial charge >= 0.3 is 6.18 Å². The molecule has 0 spiro atoms. The number of hydrogen-bond acceptors (Lipinski definition) is 4. The number of aryl methyl sites for hydroxylation is 1. The summed E-state index contributed by atoms with van der Waals surface area (Å²) in [5.74, 6) is -0.926. The van der Waals surface area contributed by atoms with E-state index in [1.165, 1.54) is 6.92 Å². The third-order valence-electron chi connectivity index (χ3n) is 4.49. The van der Waals surface area contributed by atoms with Gasteiger partial charge in [0.2, 0.25) is 5.91 Å². The molecule has 1 N–H and O–H groups in total. The third-order valence-corrected chi connectivity index (χ3v) is 6.21. The number of amides is 1. The van der Waals surface area contributed by atoms with E-state index in [1.807, 2.05) is 0 Å². The molecule has 1 aromatic heterocycles. The molecule has 10 heteroatoms. The number of alkyl halides is 3. The van der Waals surface area contributed by atoms with E-state index in [1.54, 1.807) is 13.8 Å². The summed E-state index contributed by atoms with van der Waals surface area (Å²) in [4.78, 5) is 12.5. The minimum atomic E-state index is -4.39. The number of nitrogens with one attached hydrogen (secondary N) is 1. The SMILES string of the molecule is Cc1nn(CC(F)(F)F)c(C)c1C(C)C(=O)NC1CCS(=O)(=O)CC1. The van der Waals surface area contributed by atoms with Crippen molar-refractivity contribution in [1.82, 2.24) is 15.1 Å². The van der Waals surface area contributed by atoms with Crippen molar-refractivity contribution in [2.45, 2.75) is 58.3 Å². The number of hydrogen-bond donors (Lipinski definition) is 1. The van der Waals surface area contributed by atoms with Gasteiger partial charge in [0.05, 0.1) is 23.1 Å². The van der Waals surface area contributed by atoms with Gasteiger partial charge in [-0.25, -0.2) is 8.42 Å². The Labute approximate surface area is 144 Å². The molecule has 25 heavy (non-hydrogen) atoms. The van der Waals surface area contributed by atoms with Gasteiger partial charge in [-0.1, -0.05) is 0 Å². The van der Waals surface area contributed by atoms with Gasteiger partial charge in [-0.2, -0.15) is 18.3 Å². The van der Waals surface area contributed by atoms with Crippen molar-refractivity contribution < 1.29 is 26.4 Å². The van der Waals surface area contributed by atoms with Gasteiger partial charge in [0.25, 0.3) is 0 Å². The third kappa shape index (κ3) is 4.96. The van der Waals surface area contributed by atoms with Crippen LogP contribution in [0.2, 0.25) is 0 Å². The quantitative estimate of drug-likeness (QED) is 0.863. The molecule has 0 saturated carbocycles. The van der Waals surface area contributed by atoms with Crippen molar-refractivity contribution in [3.8, 4) is 0 Å². The van der Waals surface area contributed by atoms with Gasteiger partial charge in [0.15, 0.2) is 0 Å². The predicted octanol–water partition coefficient (Wildman–Crippen LogP) is 1.86. The molecule has 6 nitrogen and oxygen atoms in total. The molecule has 1 atom stereocenters.